The van der Waals surface area contributed by atoms with Gasteiger partial charge in [-0.3, -0.25) is 4.90 Å². The number of thiophene rings is 1. The third-order valence-electron chi connectivity index (χ3n) is 5.78. The third-order valence-corrected chi connectivity index (χ3v) is 6.89. The van der Waals surface area contributed by atoms with Crippen LogP contribution in [0.5, 0.6) is 17.2 Å². The van der Waals surface area contributed by atoms with E-state index in [0.29, 0.717) is 23.9 Å². The molecule has 2 heterocycles. The average molecular weight is 453 g/mol. The van der Waals surface area contributed by atoms with Crippen LogP contribution in [0.25, 0.3) is 0 Å². The molecule has 0 aliphatic carbocycles. The number of hydrogen-bond donors (Lipinski definition) is 1. The smallest absolute Gasteiger partial charge is 0.203 e. The summed E-state index contributed by atoms with van der Waals surface area (Å²) < 4.78 is 17.8. The lowest BCUT2D eigenvalue weighted by atomic mass is 10.0. The van der Waals surface area contributed by atoms with Crippen molar-refractivity contribution in [1.29, 1.82) is 0 Å². The number of rotatable bonds is 8. The maximum absolute atomic E-state index is 6.18. The maximum Gasteiger partial charge on any atom is 0.203 e. The minimum atomic E-state index is 0.152. The summed E-state index contributed by atoms with van der Waals surface area (Å²) in [6.07, 6.45) is 1.13. The summed E-state index contributed by atoms with van der Waals surface area (Å²) in [6, 6.07) is 16.8. The van der Waals surface area contributed by atoms with Crippen LogP contribution in [0.1, 0.15) is 34.0 Å². The Labute approximate surface area is 194 Å². The number of hydrogen-bond acceptors (Lipinski definition) is 6. The van der Waals surface area contributed by atoms with Gasteiger partial charge in [-0.2, -0.15) is 0 Å². The van der Waals surface area contributed by atoms with E-state index in [4.69, 9.17) is 14.2 Å². The van der Waals surface area contributed by atoms with Gasteiger partial charge in [-0.15, -0.1) is 11.3 Å². The van der Waals surface area contributed by atoms with Crippen LogP contribution in [0.2, 0.25) is 0 Å². The molecule has 1 aliphatic rings. The van der Waals surface area contributed by atoms with Crippen molar-refractivity contribution in [3.63, 3.8) is 0 Å². The van der Waals surface area contributed by atoms with Crippen LogP contribution in [-0.2, 0) is 6.61 Å². The van der Waals surface area contributed by atoms with Gasteiger partial charge in [0.15, 0.2) is 11.5 Å². The highest BCUT2D eigenvalue weighted by molar-refractivity contribution is 7.10. The maximum atomic E-state index is 6.18. The van der Waals surface area contributed by atoms with Gasteiger partial charge in [-0.05, 0) is 60.2 Å². The SMILES string of the molecule is COc1cc(C(c2cc(C)cs2)N2CCCNCC2)cc(OC)c1OCc1ccccc1. The average Bonchev–Trinajstić information content (AvgIpc) is 3.07. The summed E-state index contributed by atoms with van der Waals surface area (Å²) in [5, 5.41) is 5.75. The molecule has 1 atom stereocenters. The highest BCUT2D eigenvalue weighted by Gasteiger charge is 2.27. The fraction of sp³-hybridized carbons (Fsp3) is 0.385. The van der Waals surface area contributed by atoms with Crippen molar-refractivity contribution in [3.8, 4) is 17.2 Å². The third kappa shape index (κ3) is 5.26. The summed E-state index contributed by atoms with van der Waals surface area (Å²) in [4.78, 5) is 3.90. The largest absolute Gasteiger partial charge is 0.493 e. The summed E-state index contributed by atoms with van der Waals surface area (Å²) >= 11 is 1.82. The molecule has 5 nitrogen and oxygen atoms in total. The molecule has 2 aromatic carbocycles. The van der Waals surface area contributed by atoms with E-state index in [9.17, 15) is 0 Å². The molecule has 4 rings (SSSR count). The second-order valence-corrected chi connectivity index (χ2v) is 9.04. The topological polar surface area (TPSA) is 43.0 Å². The van der Waals surface area contributed by atoms with E-state index in [-0.39, 0.29) is 6.04 Å². The highest BCUT2D eigenvalue weighted by Crippen LogP contribution is 2.43. The van der Waals surface area contributed by atoms with Crippen molar-refractivity contribution in [2.75, 3.05) is 40.4 Å². The second-order valence-electron chi connectivity index (χ2n) is 8.10. The fourth-order valence-corrected chi connectivity index (χ4v) is 5.26. The van der Waals surface area contributed by atoms with Gasteiger partial charge < -0.3 is 19.5 Å². The van der Waals surface area contributed by atoms with Gasteiger partial charge in [-0.1, -0.05) is 30.3 Å². The van der Waals surface area contributed by atoms with Crippen molar-refractivity contribution in [2.24, 2.45) is 0 Å². The first-order valence-electron chi connectivity index (χ1n) is 11.1. The highest BCUT2D eigenvalue weighted by atomic mass is 32.1. The first-order chi connectivity index (χ1) is 15.7. The molecule has 1 saturated heterocycles. The molecule has 1 unspecified atom stereocenters. The Bertz CT molecular complexity index is 972. The van der Waals surface area contributed by atoms with Crippen LogP contribution in [-0.4, -0.2) is 45.3 Å². The summed E-state index contributed by atoms with van der Waals surface area (Å²) in [5.74, 6) is 2.03. The minimum absolute atomic E-state index is 0.152. The normalized spacial score (nSPS) is 15.7. The molecule has 0 saturated carbocycles. The Morgan fingerprint density at radius 2 is 1.75 bits per heavy atom. The summed E-state index contributed by atoms with van der Waals surface area (Å²) in [6.45, 7) is 6.71. The predicted molar refractivity (Wildman–Crippen MR) is 130 cm³/mol. The van der Waals surface area contributed by atoms with E-state index < -0.39 is 0 Å². The standard InChI is InChI=1S/C26H32N2O3S/c1-19-14-24(32-18-19)25(28-12-7-10-27-11-13-28)21-15-22(29-2)26(23(16-21)30-3)31-17-20-8-5-4-6-9-20/h4-6,8-9,14-16,18,25,27H,7,10-13,17H2,1-3H3. The molecule has 170 valence electrons. The quantitative estimate of drug-likeness (QED) is 0.519. The second kappa shape index (κ2) is 10.9. The van der Waals surface area contributed by atoms with Crippen LogP contribution in [0.4, 0.5) is 0 Å². The van der Waals surface area contributed by atoms with Crippen LogP contribution in [0.15, 0.2) is 53.9 Å². The lowest BCUT2D eigenvalue weighted by Crippen LogP contribution is -2.32. The zero-order valence-corrected chi connectivity index (χ0v) is 19.9. The number of ether oxygens (including phenoxy) is 3. The van der Waals surface area contributed by atoms with Crippen LogP contribution in [0.3, 0.4) is 0 Å². The Balaban J connectivity index is 1.70. The first-order valence-corrected chi connectivity index (χ1v) is 12.0. The van der Waals surface area contributed by atoms with Crippen LogP contribution in [0, 0.1) is 6.92 Å². The van der Waals surface area contributed by atoms with Crippen molar-refractivity contribution in [2.45, 2.75) is 26.0 Å². The van der Waals surface area contributed by atoms with Gasteiger partial charge in [0.1, 0.15) is 6.61 Å². The lowest BCUT2D eigenvalue weighted by Gasteiger charge is -2.31. The number of nitrogens with zero attached hydrogens (tertiary/aromatic N) is 1. The number of nitrogens with one attached hydrogen (secondary N) is 1. The van der Waals surface area contributed by atoms with E-state index in [1.54, 1.807) is 14.2 Å². The van der Waals surface area contributed by atoms with Gasteiger partial charge >= 0.3 is 0 Å². The molecule has 1 N–H and O–H groups in total. The van der Waals surface area contributed by atoms with Crippen molar-refractivity contribution in [1.82, 2.24) is 10.2 Å². The number of methoxy groups -OCH3 is 2. The summed E-state index contributed by atoms with van der Waals surface area (Å²) in [7, 11) is 3.38. The predicted octanol–water partition coefficient (Wildman–Crippen LogP) is 5.04. The summed E-state index contributed by atoms with van der Waals surface area (Å²) in [5.41, 5.74) is 3.56. The Morgan fingerprint density at radius 3 is 2.41 bits per heavy atom. The molecule has 6 heteroatoms. The van der Waals surface area contributed by atoms with E-state index in [1.807, 2.05) is 29.5 Å². The molecule has 1 aliphatic heterocycles. The van der Waals surface area contributed by atoms with Gasteiger partial charge in [0.2, 0.25) is 5.75 Å². The Morgan fingerprint density at radius 1 is 1.00 bits per heavy atom. The zero-order chi connectivity index (χ0) is 22.3. The molecule has 0 amide bonds. The lowest BCUT2D eigenvalue weighted by molar-refractivity contribution is 0.240. The van der Waals surface area contributed by atoms with Crippen molar-refractivity contribution < 1.29 is 14.2 Å². The molecule has 1 fully saturated rings. The van der Waals surface area contributed by atoms with Gasteiger partial charge in [0.25, 0.3) is 0 Å². The Kier molecular flexibility index (Phi) is 7.68. The molecular formula is C26H32N2O3S. The van der Waals surface area contributed by atoms with E-state index in [0.717, 1.165) is 43.7 Å². The molecule has 0 radical (unpaired) electrons. The number of aryl methyl sites for hydroxylation is 1. The van der Waals surface area contributed by atoms with Crippen LogP contribution >= 0.6 is 11.3 Å². The van der Waals surface area contributed by atoms with E-state index in [1.165, 1.54) is 10.4 Å². The molecular weight excluding hydrogens is 420 g/mol. The van der Waals surface area contributed by atoms with Gasteiger partial charge in [0, 0.05) is 24.5 Å². The zero-order valence-electron chi connectivity index (χ0n) is 19.1. The first kappa shape index (κ1) is 22.6. The van der Waals surface area contributed by atoms with Gasteiger partial charge in [-0.25, -0.2) is 0 Å². The molecule has 1 aromatic heterocycles. The van der Waals surface area contributed by atoms with Crippen molar-refractivity contribution in [3.05, 3.63) is 75.5 Å². The molecule has 32 heavy (non-hydrogen) atoms. The molecule has 0 bridgehead atoms. The van der Waals surface area contributed by atoms with E-state index in [2.05, 4.69) is 52.9 Å². The fourth-order valence-electron chi connectivity index (χ4n) is 4.21. The van der Waals surface area contributed by atoms with E-state index >= 15 is 0 Å². The van der Waals surface area contributed by atoms with Gasteiger partial charge in [0.05, 0.1) is 20.3 Å². The molecule has 3 aromatic rings. The van der Waals surface area contributed by atoms with Crippen LogP contribution < -0.4 is 19.5 Å². The Hall–Kier alpha value is -2.54. The monoisotopic (exact) mass is 452 g/mol. The minimum Gasteiger partial charge on any atom is -0.493 e. The van der Waals surface area contributed by atoms with Crippen molar-refractivity contribution >= 4 is 11.3 Å². The molecule has 0 spiro atoms. The number of benzene rings is 2.